The van der Waals surface area contributed by atoms with Gasteiger partial charge in [0, 0.05) is 14.1 Å². The number of nitrogens with one attached hydrogen (secondary N) is 1. The Kier molecular flexibility index (Phi) is 2.62. The Labute approximate surface area is 69.5 Å². The van der Waals surface area contributed by atoms with Gasteiger partial charge in [0.2, 0.25) is 0 Å². The fourth-order valence-corrected chi connectivity index (χ4v) is 0.673. The second kappa shape index (κ2) is 3.70. The summed E-state index contributed by atoms with van der Waals surface area (Å²) in [5, 5.41) is 9.73. The molecule has 0 aromatic carbocycles. The highest BCUT2D eigenvalue weighted by molar-refractivity contribution is 5.66. The lowest BCUT2D eigenvalue weighted by atomic mass is 10.5. The van der Waals surface area contributed by atoms with Crippen molar-refractivity contribution in [2.24, 2.45) is 7.05 Å². The van der Waals surface area contributed by atoms with Gasteiger partial charge in [-0.05, 0) is 0 Å². The number of carbonyl (C=O) groups is 1. The number of nitrogens with zero attached hydrogens (tertiary/aromatic N) is 3. The highest BCUT2D eigenvalue weighted by Crippen LogP contribution is 1.93. The van der Waals surface area contributed by atoms with Crippen LogP contribution in [0.3, 0.4) is 0 Å². The molecule has 0 aliphatic heterocycles. The van der Waals surface area contributed by atoms with E-state index in [9.17, 15) is 4.79 Å². The molecular weight excluding hydrogens is 160 g/mol. The third kappa shape index (κ3) is 2.22. The molecule has 6 heteroatoms. The van der Waals surface area contributed by atoms with E-state index in [-0.39, 0.29) is 6.61 Å². The van der Waals surface area contributed by atoms with E-state index in [0.29, 0.717) is 5.69 Å². The van der Waals surface area contributed by atoms with Crippen molar-refractivity contribution >= 4 is 6.09 Å². The first kappa shape index (κ1) is 8.51. The van der Waals surface area contributed by atoms with Crippen LogP contribution in [0, 0.1) is 0 Å². The Morgan fingerprint density at radius 2 is 2.58 bits per heavy atom. The van der Waals surface area contributed by atoms with Gasteiger partial charge in [-0.3, -0.25) is 4.68 Å². The van der Waals surface area contributed by atoms with Crippen LogP contribution in [-0.4, -0.2) is 28.1 Å². The molecule has 66 valence electrons. The number of carbonyl (C=O) groups excluding carboxylic acids is 1. The van der Waals surface area contributed by atoms with Gasteiger partial charge >= 0.3 is 6.09 Å². The largest absolute Gasteiger partial charge is 0.443 e. The molecule has 0 spiro atoms. The van der Waals surface area contributed by atoms with Gasteiger partial charge in [-0.25, -0.2) is 4.79 Å². The first-order valence-corrected chi connectivity index (χ1v) is 3.42. The minimum absolute atomic E-state index is 0.146. The Balaban J connectivity index is 2.38. The van der Waals surface area contributed by atoms with Gasteiger partial charge in [0.05, 0.1) is 6.20 Å². The molecule has 0 aliphatic rings. The third-order valence-electron chi connectivity index (χ3n) is 1.21. The zero-order valence-corrected chi connectivity index (χ0v) is 6.94. The normalized spacial score (nSPS) is 9.50. The SMILES string of the molecule is CNC(=O)OCc1cn(C)nn1. The van der Waals surface area contributed by atoms with Crippen LogP contribution in [0.25, 0.3) is 0 Å². The maximum atomic E-state index is 10.6. The highest BCUT2D eigenvalue weighted by Gasteiger charge is 2.01. The summed E-state index contributed by atoms with van der Waals surface area (Å²) in [6.45, 7) is 0.146. The zero-order valence-electron chi connectivity index (χ0n) is 6.94. The molecule has 0 atom stereocenters. The zero-order chi connectivity index (χ0) is 8.97. The first-order valence-electron chi connectivity index (χ1n) is 3.42. The lowest BCUT2D eigenvalue weighted by Crippen LogP contribution is -2.18. The second-order valence-electron chi connectivity index (χ2n) is 2.21. The number of alkyl carbamates (subject to hydrolysis) is 1. The van der Waals surface area contributed by atoms with Crippen molar-refractivity contribution in [3.8, 4) is 0 Å². The average Bonchev–Trinajstić information content (AvgIpc) is 2.47. The number of aryl methyl sites for hydroxylation is 1. The number of rotatable bonds is 2. The average molecular weight is 170 g/mol. The van der Waals surface area contributed by atoms with Crippen molar-refractivity contribution in [2.45, 2.75) is 6.61 Å². The summed E-state index contributed by atoms with van der Waals surface area (Å²) in [6.07, 6.45) is 1.21. The third-order valence-corrected chi connectivity index (χ3v) is 1.21. The van der Waals surface area contributed by atoms with E-state index in [1.807, 2.05) is 0 Å². The fourth-order valence-electron chi connectivity index (χ4n) is 0.673. The van der Waals surface area contributed by atoms with Crippen LogP contribution in [0.5, 0.6) is 0 Å². The monoisotopic (exact) mass is 170 g/mol. The van der Waals surface area contributed by atoms with Gasteiger partial charge in [0.15, 0.2) is 0 Å². The summed E-state index contributed by atoms with van der Waals surface area (Å²) in [6, 6.07) is 0. The molecule has 0 fully saturated rings. The van der Waals surface area contributed by atoms with Gasteiger partial charge < -0.3 is 10.1 Å². The highest BCUT2D eigenvalue weighted by atomic mass is 16.5. The van der Waals surface area contributed by atoms with E-state index >= 15 is 0 Å². The lowest BCUT2D eigenvalue weighted by molar-refractivity contribution is 0.140. The molecule has 1 amide bonds. The van der Waals surface area contributed by atoms with Crippen molar-refractivity contribution < 1.29 is 9.53 Å². The Morgan fingerprint density at radius 3 is 3.08 bits per heavy atom. The Bertz CT molecular complexity index is 270. The first-order chi connectivity index (χ1) is 5.72. The number of ether oxygens (including phenoxy) is 1. The Morgan fingerprint density at radius 1 is 1.83 bits per heavy atom. The van der Waals surface area contributed by atoms with E-state index in [2.05, 4.69) is 15.6 Å². The van der Waals surface area contributed by atoms with E-state index < -0.39 is 6.09 Å². The van der Waals surface area contributed by atoms with Crippen molar-refractivity contribution in [1.29, 1.82) is 0 Å². The van der Waals surface area contributed by atoms with Crippen molar-refractivity contribution in [3.05, 3.63) is 11.9 Å². The molecule has 0 radical (unpaired) electrons. The molecule has 12 heavy (non-hydrogen) atoms. The van der Waals surface area contributed by atoms with Gasteiger partial charge in [0.25, 0.3) is 0 Å². The molecule has 6 nitrogen and oxygen atoms in total. The minimum atomic E-state index is -0.472. The van der Waals surface area contributed by atoms with E-state index in [1.54, 1.807) is 17.9 Å². The molecule has 1 aromatic rings. The summed E-state index contributed by atoms with van der Waals surface area (Å²) < 4.78 is 6.27. The molecule has 0 saturated heterocycles. The van der Waals surface area contributed by atoms with Crippen molar-refractivity contribution in [2.75, 3.05) is 7.05 Å². The van der Waals surface area contributed by atoms with Crippen LogP contribution in [0.2, 0.25) is 0 Å². The summed E-state index contributed by atoms with van der Waals surface area (Å²) >= 11 is 0. The fraction of sp³-hybridized carbons (Fsp3) is 0.500. The van der Waals surface area contributed by atoms with Crippen LogP contribution in [-0.2, 0) is 18.4 Å². The summed E-state index contributed by atoms with van der Waals surface area (Å²) in [7, 11) is 3.25. The summed E-state index contributed by atoms with van der Waals surface area (Å²) in [5.74, 6) is 0. The number of hydrogen-bond acceptors (Lipinski definition) is 4. The topological polar surface area (TPSA) is 69.0 Å². The van der Waals surface area contributed by atoms with Gasteiger partial charge in [-0.2, -0.15) is 0 Å². The van der Waals surface area contributed by atoms with Crippen LogP contribution in [0.1, 0.15) is 5.69 Å². The summed E-state index contributed by atoms with van der Waals surface area (Å²) in [5.41, 5.74) is 0.626. The van der Waals surface area contributed by atoms with Crippen LogP contribution >= 0.6 is 0 Å². The Hall–Kier alpha value is -1.59. The predicted molar refractivity (Wildman–Crippen MR) is 40.2 cm³/mol. The molecule has 0 saturated carbocycles. The van der Waals surface area contributed by atoms with Crippen LogP contribution < -0.4 is 5.32 Å². The molecule has 0 bridgehead atoms. The summed E-state index contributed by atoms with van der Waals surface area (Å²) in [4.78, 5) is 10.6. The number of amides is 1. The number of hydrogen-bond donors (Lipinski definition) is 1. The smallest absolute Gasteiger partial charge is 0.407 e. The van der Waals surface area contributed by atoms with Gasteiger partial charge in [-0.1, -0.05) is 5.21 Å². The van der Waals surface area contributed by atoms with Gasteiger partial charge in [-0.15, -0.1) is 5.10 Å². The van der Waals surface area contributed by atoms with E-state index in [1.165, 1.54) is 7.05 Å². The van der Waals surface area contributed by atoms with Gasteiger partial charge in [0.1, 0.15) is 12.3 Å². The molecule has 1 aromatic heterocycles. The predicted octanol–water partition coefficient (Wildman–Crippen LogP) is -0.329. The molecular formula is C6H10N4O2. The van der Waals surface area contributed by atoms with Crippen LogP contribution in [0.15, 0.2) is 6.20 Å². The second-order valence-corrected chi connectivity index (χ2v) is 2.21. The minimum Gasteiger partial charge on any atom is -0.443 e. The molecule has 0 unspecified atom stereocenters. The van der Waals surface area contributed by atoms with E-state index in [4.69, 9.17) is 4.74 Å². The standard InChI is InChI=1S/C6H10N4O2/c1-7-6(11)12-4-5-3-10(2)9-8-5/h3H,4H2,1-2H3,(H,7,11). The van der Waals surface area contributed by atoms with E-state index in [0.717, 1.165) is 0 Å². The van der Waals surface area contributed by atoms with Crippen LogP contribution in [0.4, 0.5) is 4.79 Å². The molecule has 0 aliphatic carbocycles. The van der Waals surface area contributed by atoms with Crippen molar-refractivity contribution in [1.82, 2.24) is 20.3 Å². The molecule has 1 N–H and O–H groups in total. The molecule has 1 heterocycles. The molecule has 1 rings (SSSR count). The quantitative estimate of drug-likeness (QED) is 0.659. The lowest BCUT2D eigenvalue weighted by Gasteiger charge is -1.98. The number of aromatic nitrogens is 3. The van der Waals surface area contributed by atoms with Crippen molar-refractivity contribution in [3.63, 3.8) is 0 Å². The maximum Gasteiger partial charge on any atom is 0.407 e. The maximum absolute atomic E-state index is 10.6.